The van der Waals surface area contributed by atoms with Gasteiger partial charge < -0.3 is 15.7 Å². The van der Waals surface area contributed by atoms with Crippen molar-refractivity contribution >= 4 is 11.7 Å². The molecule has 0 bridgehead atoms. The molecule has 0 aliphatic heterocycles. The summed E-state index contributed by atoms with van der Waals surface area (Å²) in [4.78, 5) is 11.5. The smallest absolute Gasteiger partial charge is 0.319 e. The van der Waals surface area contributed by atoms with E-state index in [1.54, 1.807) is 13.8 Å². The number of carbonyl (C=O) groups is 1. The van der Waals surface area contributed by atoms with E-state index < -0.39 is 29.5 Å². The van der Waals surface area contributed by atoms with Gasteiger partial charge in [0.25, 0.3) is 0 Å². The summed E-state index contributed by atoms with van der Waals surface area (Å²) in [6.07, 6.45) is 4.30. The standard InChI is InChI=1S/C14H16F2N2O2/c1-4-9-5-10(15)13(11(16)6-9)18-14(20)17-7-12(19)8(2)3/h1,5-6,8,12,19H,7H2,2-3H3,(H2,17,18,20). The van der Waals surface area contributed by atoms with Crippen molar-refractivity contribution in [3.8, 4) is 12.3 Å². The van der Waals surface area contributed by atoms with Crippen LogP contribution in [0.25, 0.3) is 0 Å². The zero-order valence-electron chi connectivity index (χ0n) is 11.2. The molecule has 4 nitrogen and oxygen atoms in total. The molecular formula is C14H16F2N2O2. The van der Waals surface area contributed by atoms with Gasteiger partial charge >= 0.3 is 6.03 Å². The highest BCUT2D eigenvalue weighted by atomic mass is 19.1. The molecule has 20 heavy (non-hydrogen) atoms. The minimum absolute atomic E-state index is 0.0187. The molecule has 108 valence electrons. The average molecular weight is 282 g/mol. The van der Waals surface area contributed by atoms with E-state index in [1.807, 2.05) is 5.32 Å². The molecule has 1 aromatic carbocycles. The largest absolute Gasteiger partial charge is 0.391 e. The third-order valence-corrected chi connectivity index (χ3v) is 2.69. The highest BCUT2D eigenvalue weighted by Gasteiger charge is 2.15. The Morgan fingerprint density at radius 3 is 2.40 bits per heavy atom. The lowest BCUT2D eigenvalue weighted by Gasteiger charge is -2.15. The Bertz CT molecular complexity index is 515. The molecule has 1 unspecified atom stereocenters. The highest BCUT2D eigenvalue weighted by molar-refractivity contribution is 5.89. The van der Waals surface area contributed by atoms with Gasteiger partial charge in [-0.1, -0.05) is 19.8 Å². The van der Waals surface area contributed by atoms with Crippen LogP contribution in [0, 0.1) is 29.9 Å². The number of urea groups is 1. The third kappa shape index (κ3) is 4.21. The predicted molar refractivity (Wildman–Crippen MR) is 72.2 cm³/mol. The van der Waals surface area contributed by atoms with Gasteiger partial charge in [-0.25, -0.2) is 13.6 Å². The molecule has 0 saturated carbocycles. The van der Waals surface area contributed by atoms with Gasteiger partial charge in [0.15, 0.2) is 11.6 Å². The van der Waals surface area contributed by atoms with E-state index >= 15 is 0 Å². The number of nitrogens with one attached hydrogen (secondary N) is 2. The zero-order chi connectivity index (χ0) is 15.3. The Hall–Kier alpha value is -2.13. The average Bonchev–Trinajstić information content (AvgIpc) is 2.39. The predicted octanol–water partition coefficient (Wildman–Crippen LogP) is 2.08. The normalized spacial score (nSPS) is 11.8. The third-order valence-electron chi connectivity index (χ3n) is 2.69. The second-order valence-electron chi connectivity index (χ2n) is 4.61. The number of terminal acetylenes is 1. The second-order valence-corrected chi connectivity index (χ2v) is 4.61. The molecule has 0 spiro atoms. The number of benzene rings is 1. The van der Waals surface area contributed by atoms with Crippen molar-refractivity contribution in [2.24, 2.45) is 5.92 Å². The number of anilines is 1. The van der Waals surface area contributed by atoms with Crippen molar-refractivity contribution in [2.75, 3.05) is 11.9 Å². The number of hydrogen-bond donors (Lipinski definition) is 3. The molecule has 1 rings (SSSR count). The van der Waals surface area contributed by atoms with Gasteiger partial charge in [0.2, 0.25) is 0 Å². The first-order valence-corrected chi connectivity index (χ1v) is 6.03. The number of rotatable bonds is 4. The van der Waals surface area contributed by atoms with Crippen molar-refractivity contribution in [2.45, 2.75) is 20.0 Å². The summed E-state index contributed by atoms with van der Waals surface area (Å²) in [7, 11) is 0. The Balaban J connectivity index is 2.70. The van der Waals surface area contributed by atoms with Gasteiger partial charge in [0.1, 0.15) is 5.69 Å². The van der Waals surface area contributed by atoms with Crippen LogP contribution in [0.2, 0.25) is 0 Å². The monoisotopic (exact) mass is 282 g/mol. The lowest BCUT2D eigenvalue weighted by atomic mass is 10.1. The van der Waals surface area contributed by atoms with Crippen molar-refractivity contribution in [3.63, 3.8) is 0 Å². The summed E-state index contributed by atoms with van der Waals surface area (Å²) in [5.41, 5.74) is -0.540. The lowest BCUT2D eigenvalue weighted by molar-refractivity contribution is 0.126. The summed E-state index contributed by atoms with van der Waals surface area (Å²) in [5.74, 6) is 0.136. The fraction of sp³-hybridized carbons (Fsp3) is 0.357. The van der Waals surface area contributed by atoms with Crippen molar-refractivity contribution < 1.29 is 18.7 Å². The Morgan fingerprint density at radius 1 is 1.40 bits per heavy atom. The first kappa shape index (κ1) is 15.9. The summed E-state index contributed by atoms with van der Waals surface area (Å²) < 4.78 is 27.1. The van der Waals surface area contributed by atoms with Gasteiger partial charge in [-0.15, -0.1) is 6.42 Å². The van der Waals surface area contributed by atoms with Crippen LogP contribution >= 0.6 is 0 Å². The topological polar surface area (TPSA) is 61.4 Å². The number of aliphatic hydroxyl groups excluding tert-OH is 1. The van der Waals surface area contributed by atoms with Crippen LogP contribution in [0.15, 0.2) is 12.1 Å². The molecule has 0 fully saturated rings. The molecule has 0 aliphatic rings. The molecule has 0 heterocycles. The van der Waals surface area contributed by atoms with Crippen LogP contribution in [0.4, 0.5) is 19.3 Å². The number of hydrogen-bond acceptors (Lipinski definition) is 2. The van der Waals surface area contributed by atoms with Crippen molar-refractivity contribution in [1.29, 1.82) is 0 Å². The maximum Gasteiger partial charge on any atom is 0.319 e. The minimum atomic E-state index is -0.961. The minimum Gasteiger partial charge on any atom is -0.391 e. The second kappa shape index (κ2) is 6.87. The van der Waals surface area contributed by atoms with Crippen LogP contribution < -0.4 is 10.6 Å². The number of carbonyl (C=O) groups excluding carboxylic acids is 1. The van der Waals surface area contributed by atoms with Crippen LogP contribution in [-0.4, -0.2) is 23.8 Å². The first-order valence-electron chi connectivity index (χ1n) is 6.03. The molecule has 1 aromatic rings. The van der Waals surface area contributed by atoms with E-state index in [0.717, 1.165) is 12.1 Å². The van der Waals surface area contributed by atoms with Crippen LogP contribution in [0.1, 0.15) is 19.4 Å². The molecular weight excluding hydrogens is 266 g/mol. The Kier molecular flexibility index (Phi) is 5.47. The molecule has 2 amide bonds. The molecule has 0 aliphatic carbocycles. The Labute approximate surface area is 116 Å². The maximum atomic E-state index is 13.6. The van der Waals surface area contributed by atoms with Crippen LogP contribution in [0.5, 0.6) is 0 Å². The number of halogens is 2. The van der Waals surface area contributed by atoms with E-state index in [0.29, 0.717) is 0 Å². The molecule has 0 saturated heterocycles. The lowest BCUT2D eigenvalue weighted by Crippen LogP contribution is -2.37. The highest BCUT2D eigenvalue weighted by Crippen LogP contribution is 2.20. The zero-order valence-corrected chi connectivity index (χ0v) is 11.2. The number of amides is 2. The summed E-state index contributed by atoms with van der Waals surface area (Å²) in [6.45, 7) is 3.54. The van der Waals surface area contributed by atoms with Crippen molar-refractivity contribution in [1.82, 2.24) is 5.32 Å². The van der Waals surface area contributed by atoms with Gasteiger partial charge in [0, 0.05) is 12.1 Å². The van der Waals surface area contributed by atoms with E-state index in [9.17, 15) is 18.7 Å². The fourth-order valence-corrected chi connectivity index (χ4v) is 1.37. The SMILES string of the molecule is C#Cc1cc(F)c(NC(=O)NCC(O)C(C)C)c(F)c1. The van der Waals surface area contributed by atoms with E-state index in [2.05, 4.69) is 11.2 Å². The van der Waals surface area contributed by atoms with Gasteiger partial charge in [-0.2, -0.15) is 0 Å². The number of aliphatic hydroxyl groups is 1. The van der Waals surface area contributed by atoms with Gasteiger partial charge in [-0.3, -0.25) is 0 Å². The quantitative estimate of drug-likeness (QED) is 0.740. The molecule has 3 N–H and O–H groups in total. The van der Waals surface area contributed by atoms with E-state index in [4.69, 9.17) is 6.42 Å². The van der Waals surface area contributed by atoms with E-state index in [-0.39, 0.29) is 18.0 Å². The van der Waals surface area contributed by atoms with Crippen LogP contribution in [-0.2, 0) is 0 Å². The van der Waals surface area contributed by atoms with Gasteiger partial charge in [-0.05, 0) is 18.1 Å². The summed E-state index contributed by atoms with van der Waals surface area (Å²) in [6, 6.07) is 1.08. The Morgan fingerprint density at radius 2 is 1.95 bits per heavy atom. The van der Waals surface area contributed by atoms with E-state index in [1.165, 1.54) is 0 Å². The molecule has 0 aromatic heterocycles. The molecule has 6 heteroatoms. The maximum absolute atomic E-state index is 13.6. The summed E-state index contributed by atoms with van der Waals surface area (Å²) >= 11 is 0. The first-order chi connectivity index (χ1) is 9.35. The van der Waals surface area contributed by atoms with Gasteiger partial charge in [0.05, 0.1) is 6.10 Å². The molecule has 1 atom stereocenters. The van der Waals surface area contributed by atoms with Crippen LogP contribution in [0.3, 0.4) is 0 Å². The summed E-state index contributed by atoms with van der Waals surface area (Å²) in [5, 5.41) is 13.9. The van der Waals surface area contributed by atoms with Crippen molar-refractivity contribution in [3.05, 3.63) is 29.3 Å². The fourth-order valence-electron chi connectivity index (χ4n) is 1.37. The molecule has 0 radical (unpaired) electrons.